The smallest absolute Gasteiger partial charge is 0.324 e. The number of amides is 2. The third-order valence-electron chi connectivity index (χ3n) is 2.62. The van der Waals surface area contributed by atoms with E-state index in [-0.39, 0.29) is 24.8 Å². The van der Waals surface area contributed by atoms with Crippen LogP contribution in [-0.2, 0) is 4.79 Å². The summed E-state index contributed by atoms with van der Waals surface area (Å²) in [4.78, 5) is 21.9. The molecule has 0 aromatic carbocycles. The first-order chi connectivity index (χ1) is 9.54. The summed E-state index contributed by atoms with van der Waals surface area (Å²) < 4.78 is 48.9. The van der Waals surface area contributed by atoms with Gasteiger partial charge in [0, 0.05) is 13.0 Å². The van der Waals surface area contributed by atoms with Gasteiger partial charge < -0.3 is 15.7 Å². The fourth-order valence-electron chi connectivity index (χ4n) is 1.73. The summed E-state index contributed by atoms with van der Waals surface area (Å²) in [5.74, 6) is -5.49. The van der Waals surface area contributed by atoms with Crippen molar-refractivity contribution in [3.05, 3.63) is 0 Å². The predicted octanol–water partition coefficient (Wildman–Crippen LogP) is 2.32. The van der Waals surface area contributed by atoms with Gasteiger partial charge in [-0.25, -0.2) is 13.6 Å². The Labute approximate surface area is 120 Å². The maximum atomic E-state index is 12.6. The lowest BCUT2D eigenvalue weighted by Gasteiger charge is -2.19. The largest absolute Gasteiger partial charge is 0.481 e. The van der Waals surface area contributed by atoms with Crippen LogP contribution in [0.5, 0.6) is 0 Å². The minimum Gasteiger partial charge on any atom is -0.481 e. The van der Waals surface area contributed by atoms with Crippen LogP contribution < -0.4 is 10.6 Å². The quantitative estimate of drug-likeness (QED) is 0.571. The molecule has 0 aliphatic carbocycles. The molecule has 2 amide bonds. The Kier molecular flexibility index (Phi) is 8.05. The highest BCUT2D eigenvalue weighted by atomic mass is 19.3. The molecule has 1 atom stereocenters. The van der Waals surface area contributed by atoms with E-state index in [1.54, 1.807) is 5.32 Å². The number of hydrogen-bond acceptors (Lipinski definition) is 2. The Morgan fingerprint density at radius 2 is 1.76 bits per heavy atom. The first kappa shape index (κ1) is 19.5. The number of urea groups is 1. The van der Waals surface area contributed by atoms with E-state index in [1.165, 1.54) is 0 Å². The van der Waals surface area contributed by atoms with Crippen LogP contribution in [0.4, 0.5) is 22.4 Å². The molecule has 0 aliphatic rings. The molecule has 5 nitrogen and oxygen atoms in total. The van der Waals surface area contributed by atoms with Gasteiger partial charge in [-0.2, -0.15) is 8.78 Å². The van der Waals surface area contributed by atoms with Crippen LogP contribution >= 0.6 is 0 Å². The fraction of sp³-hybridized carbons (Fsp3) is 0.833. The molecular formula is C12H20F4N2O3. The molecule has 124 valence electrons. The normalized spacial score (nSPS) is 13.3. The van der Waals surface area contributed by atoms with Crippen molar-refractivity contribution in [2.24, 2.45) is 11.8 Å². The van der Waals surface area contributed by atoms with E-state index in [9.17, 15) is 27.2 Å². The van der Waals surface area contributed by atoms with E-state index in [0.29, 0.717) is 6.42 Å². The van der Waals surface area contributed by atoms with Crippen LogP contribution in [0.2, 0.25) is 0 Å². The van der Waals surface area contributed by atoms with Gasteiger partial charge in [-0.3, -0.25) is 4.79 Å². The highest BCUT2D eigenvalue weighted by Crippen LogP contribution is 2.21. The average molecular weight is 316 g/mol. The van der Waals surface area contributed by atoms with E-state index in [1.807, 2.05) is 13.8 Å². The van der Waals surface area contributed by atoms with Gasteiger partial charge in [0.05, 0.1) is 6.54 Å². The number of nitrogens with one attached hydrogen (secondary N) is 2. The van der Waals surface area contributed by atoms with E-state index < -0.39 is 30.9 Å². The molecule has 0 aromatic heterocycles. The number of rotatable bonds is 9. The Bertz CT molecular complexity index is 351. The van der Waals surface area contributed by atoms with Crippen molar-refractivity contribution < 1.29 is 32.3 Å². The van der Waals surface area contributed by atoms with E-state index >= 15 is 0 Å². The molecule has 0 saturated carbocycles. The highest BCUT2D eigenvalue weighted by molar-refractivity contribution is 5.74. The Morgan fingerprint density at radius 1 is 1.19 bits per heavy atom. The number of hydrogen-bond donors (Lipinski definition) is 3. The lowest BCUT2D eigenvalue weighted by Crippen LogP contribution is -2.46. The molecule has 0 unspecified atom stereocenters. The van der Waals surface area contributed by atoms with Crippen LogP contribution in [0.15, 0.2) is 0 Å². The number of alkyl halides is 4. The van der Waals surface area contributed by atoms with Gasteiger partial charge in [-0.15, -0.1) is 0 Å². The van der Waals surface area contributed by atoms with Crippen molar-refractivity contribution >= 4 is 12.0 Å². The van der Waals surface area contributed by atoms with Crippen LogP contribution in [0.25, 0.3) is 0 Å². The molecule has 0 fully saturated rings. The van der Waals surface area contributed by atoms with Crippen molar-refractivity contribution in [3.8, 4) is 0 Å². The van der Waals surface area contributed by atoms with Crippen molar-refractivity contribution in [1.29, 1.82) is 0 Å². The molecule has 0 radical (unpaired) electrons. The number of carbonyl (C=O) groups is 2. The Hall–Kier alpha value is -1.54. The van der Waals surface area contributed by atoms with Crippen molar-refractivity contribution in [3.63, 3.8) is 0 Å². The van der Waals surface area contributed by atoms with Gasteiger partial charge in [0.25, 0.3) is 0 Å². The fourth-order valence-corrected chi connectivity index (χ4v) is 1.73. The second-order valence-corrected chi connectivity index (χ2v) is 5.22. The third kappa shape index (κ3) is 9.09. The molecule has 0 spiro atoms. The van der Waals surface area contributed by atoms with Gasteiger partial charge in [-0.1, -0.05) is 13.8 Å². The summed E-state index contributed by atoms with van der Waals surface area (Å²) in [6.45, 7) is 2.23. The summed E-state index contributed by atoms with van der Waals surface area (Å²) in [7, 11) is 0. The van der Waals surface area contributed by atoms with E-state index in [2.05, 4.69) is 5.32 Å². The van der Waals surface area contributed by atoms with E-state index in [0.717, 1.165) is 0 Å². The molecule has 0 bridgehead atoms. The number of aliphatic carboxylic acids is 1. The molecule has 3 N–H and O–H groups in total. The summed E-state index contributed by atoms with van der Waals surface area (Å²) >= 11 is 0. The van der Waals surface area contributed by atoms with Crippen LogP contribution in [0.3, 0.4) is 0 Å². The van der Waals surface area contributed by atoms with Crippen molar-refractivity contribution in [1.82, 2.24) is 10.6 Å². The van der Waals surface area contributed by atoms with Crippen molar-refractivity contribution in [2.45, 2.75) is 39.0 Å². The lowest BCUT2D eigenvalue weighted by molar-refractivity contribution is -0.138. The molecule has 0 rings (SSSR count). The minimum absolute atomic E-state index is 0.0312. The minimum atomic E-state index is -4.30. The molecule has 9 heteroatoms. The molecule has 0 saturated heterocycles. The molecule has 0 aliphatic heterocycles. The summed E-state index contributed by atoms with van der Waals surface area (Å²) in [5, 5.41) is 12.6. The van der Waals surface area contributed by atoms with Crippen LogP contribution in [-0.4, -0.2) is 42.5 Å². The molecular weight excluding hydrogens is 296 g/mol. The zero-order chi connectivity index (χ0) is 16.6. The Morgan fingerprint density at radius 3 is 2.19 bits per heavy atom. The van der Waals surface area contributed by atoms with Gasteiger partial charge >= 0.3 is 24.3 Å². The predicted molar refractivity (Wildman–Crippen MR) is 67.6 cm³/mol. The first-order valence-corrected chi connectivity index (χ1v) is 6.44. The van der Waals surface area contributed by atoms with Gasteiger partial charge in [0.15, 0.2) is 0 Å². The Balaban J connectivity index is 4.21. The number of carboxylic acids is 1. The molecule has 0 heterocycles. The van der Waals surface area contributed by atoms with Crippen molar-refractivity contribution in [2.75, 3.05) is 13.1 Å². The second kappa shape index (κ2) is 8.68. The van der Waals surface area contributed by atoms with Crippen LogP contribution in [0.1, 0.15) is 26.7 Å². The maximum absolute atomic E-state index is 12.6. The standard InChI is InChI=1S/C12H20F4N2O3/c1-7(2)3-8(4-9(19)20)5-17-11(21)18-6-12(15,16)10(13)14/h7-8,10H,3-6H2,1-2H3,(H,19,20)(H2,17,18,21)/t8-/m0/s1. The zero-order valence-electron chi connectivity index (χ0n) is 11.8. The zero-order valence-corrected chi connectivity index (χ0v) is 11.8. The number of carbonyl (C=O) groups excluding carboxylic acids is 1. The van der Waals surface area contributed by atoms with E-state index in [4.69, 9.17) is 5.11 Å². The summed E-state index contributed by atoms with van der Waals surface area (Å²) in [6.07, 6.45) is -3.51. The molecule has 0 aromatic rings. The maximum Gasteiger partial charge on any atom is 0.324 e. The SMILES string of the molecule is CC(C)C[C@H](CNC(=O)NCC(F)(F)C(F)F)CC(=O)O. The summed E-state index contributed by atoms with van der Waals surface area (Å²) in [6, 6.07) is -1.03. The number of carboxylic acid groups (broad SMARTS) is 1. The third-order valence-corrected chi connectivity index (χ3v) is 2.62. The molecule has 21 heavy (non-hydrogen) atoms. The van der Waals surface area contributed by atoms with Gasteiger partial charge in [-0.05, 0) is 18.3 Å². The van der Waals surface area contributed by atoms with Gasteiger partial charge in [0.1, 0.15) is 0 Å². The average Bonchev–Trinajstić information content (AvgIpc) is 2.32. The second-order valence-electron chi connectivity index (χ2n) is 5.22. The van der Waals surface area contributed by atoms with Gasteiger partial charge in [0.2, 0.25) is 0 Å². The summed E-state index contributed by atoms with van der Waals surface area (Å²) in [5.41, 5.74) is 0. The number of halogens is 4. The topological polar surface area (TPSA) is 78.4 Å². The first-order valence-electron chi connectivity index (χ1n) is 6.44. The lowest BCUT2D eigenvalue weighted by atomic mass is 9.94. The highest BCUT2D eigenvalue weighted by Gasteiger charge is 2.40. The van der Waals surface area contributed by atoms with Crippen LogP contribution in [0, 0.1) is 11.8 Å². The monoisotopic (exact) mass is 316 g/mol.